The molecule has 0 aliphatic carbocycles. The van der Waals surface area contributed by atoms with Crippen molar-refractivity contribution in [2.24, 2.45) is 0 Å². The SMILES string of the molecule is CN1/C(=C/C(=O)c2ccc(-c3ccccc3)cc2)Sc2ccc3ccccc3c21. The number of hydrogen-bond acceptors (Lipinski definition) is 3. The molecule has 3 heteroatoms. The zero-order chi connectivity index (χ0) is 19.8. The number of rotatable bonds is 3. The van der Waals surface area contributed by atoms with Crippen molar-refractivity contribution < 1.29 is 4.79 Å². The number of fused-ring (bicyclic) bond motifs is 3. The third-order valence-electron chi connectivity index (χ3n) is 5.28. The monoisotopic (exact) mass is 393 g/mol. The molecule has 0 saturated heterocycles. The summed E-state index contributed by atoms with van der Waals surface area (Å²) < 4.78 is 0. The average molecular weight is 394 g/mol. The van der Waals surface area contributed by atoms with Crippen LogP contribution in [0.1, 0.15) is 10.4 Å². The van der Waals surface area contributed by atoms with E-state index < -0.39 is 0 Å². The van der Waals surface area contributed by atoms with Crippen molar-refractivity contribution in [2.75, 3.05) is 11.9 Å². The molecule has 0 unspecified atom stereocenters. The fourth-order valence-electron chi connectivity index (χ4n) is 3.73. The maximum absolute atomic E-state index is 12.9. The van der Waals surface area contributed by atoms with Crippen LogP contribution in [0.15, 0.2) is 107 Å². The lowest BCUT2D eigenvalue weighted by Crippen LogP contribution is -2.11. The molecule has 0 fully saturated rings. The second-order valence-corrected chi connectivity index (χ2v) is 8.15. The van der Waals surface area contributed by atoms with Crippen molar-refractivity contribution >= 4 is 34.0 Å². The van der Waals surface area contributed by atoms with Gasteiger partial charge >= 0.3 is 0 Å². The van der Waals surface area contributed by atoms with Crippen molar-refractivity contribution in [1.82, 2.24) is 0 Å². The number of hydrogen-bond donors (Lipinski definition) is 0. The van der Waals surface area contributed by atoms with Gasteiger partial charge < -0.3 is 4.90 Å². The van der Waals surface area contributed by atoms with Gasteiger partial charge in [0.15, 0.2) is 5.78 Å². The predicted octanol–water partition coefficient (Wildman–Crippen LogP) is 6.77. The van der Waals surface area contributed by atoms with Crippen molar-refractivity contribution in [3.05, 3.63) is 108 Å². The molecular weight excluding hydrogens is 374 g/mol. The van der Waals surface area contributed by atoms with Gasteiger partial charge in [0.2, 0.25) is 0 Å². The van der Waals surface area contributed by atoms with Crippen LogP contribution >= 0.6 is 11.8 Å². The zero-order valence-electron chi connectivity index (χ0n) is 16.0. The Kier molecular flexibility index (Phi) is 4.45. The summed E-state index contributed by atoms with van der Waals surface area (Å²) in [4.78, 5) is 16.2. The predicted molar refractivity (Wildman–Crippen MR) is 122 cm³/mol. The van der Waals surface area contributed by atoms with E-state index in [2.05, 4.69) is 53.4 Å². The third kappa shape index (κ3) is 3.24. The minimum absolute atomic E-state index is 0.0241. The molecule has 1 aliphatic heterocycles. The summed E-state index contributed by atoms with van der Waals surface area (Å²) in [5.74, 6) is 0.0241. The highest BCUT2D eigenvalue weighted by atomic mass is 32.2. The van der Waals surface area contributed by atoms with Crippen LogP contribution in [0.3, 0.4) is 0 Å². The molecule has 0 aromatic heterocycles. The number of anilines is 1. The number of nitrogens with zero attached hydrogens (tertiary/aromatic N) is 1. The molecule has 0 bridgehead atoms. The quantitative estimate of drug-likeness (QED) is 0.283. The number of carbonyl (C=O) groups excluding carboxylic acids is 1. The first-order valence-electron chi connectivity index (χ1n) is 9.55. The molecule has 0 saturated carbocycles. The lowest BCUT2D eigenvalue weighted by molar-refractivity contribution is 0.104. The van der Waals surface area contributed by atoms with Crippen LogP contribution in [-0.4, -0.2) is 12.8 Å². The highest BCUT2D eigenvalue weighted by molar-refractivity contribution is 8.03. The van der Waals surface area contributed by atoms with Crippen LogP contribution in [-0.2, 0) is 0 Å². The Balaban J connectivity index is 1.43. The van der Waals surface area contributed by atoms with Gasteiger partial charge in [0, 0.05) is 29.0 Å². The van der Waals surface area contributed by atoms with Gasteiger partial charge in [0.05, 0.1) is 10.7 Å². The minimum atomic E-state index is 0.0241. The van der Waals surface area contributed by atoms with Crippen molar-refractivity contribution in [3.8, 4) is 11.1 Å². The van der Waals surface area contributed by atoms with Crippen LogP contribution in [0, 0.1) is 0 Å². The fraction of sp³-hybridized carbons (Fsp3) is 0.0385. The largest absolute Gasteiger partial charge is 0.338 e. The molecule has 1 heterocycles. The average Bonchev–Trinajstić information content (AvgIpc) is 3.10. The molecule has 29 heavy (non-hydrogen) atoms. The number of thioether (sulfide) groups is 1. The van der Waals surface area contributed by atoms with E-state index in [1.54, 1.807) is 17.8 Å². The van der Waals surface area contributed by atoms with Gasteiger partial charge in [0.1, 0.15) is 0 Å². The van der Waals surface area contributed by atoms with Crippen LogP contribution in [0.4, 0.5) is 5.69 Å². The van der Waals surface area contributed by atoms with E-state index in [1.807, 2.05) is 49.5 Å². The zero-order valence-corrected chi connectivity index (χ0v) is 16.8. The number of allylic oxidation sites excluding steroid dienone is 1. The van der Waals surface area contributed by atoms with Gasteiger partial charge in [-0.2, -0.15) is 0 Å². The van der Waals surface area contributed by atoms with E-state index >= 15 is 0 Å². The first kappa shape index (κ1) is 17.8. The summed E-state index contributed by atoms with van der Waals surface area (Å²) in [7, 11) is 2.03. The molecule has 2 nitrogen and oxygen atoms in total. The molecule has 4 aromatic carbocycles. The van der Waals surface area contributed by atoms with Gasteiger partial charge in [-0.1, -0.05) is 96.7 Å². The Hall–Kier alpha value is -3.30. The Labute approximate surface area is 174 Å². The highest BCUT2D eigenvalue weighted by Crippen LogP contribution is 2.48. The van der Waals surface area contributed by atoms with Crippen LogP contribution in [0.5, 0.6) is 0 Å². The molecule has 1 aliphatic rings. The third-order valence-corrected chi connectivity index (χ3v) is 6.43. The summed E-state index contributed by atoms with van der Waals surface area (Å²) in [5.41, 5.74) is 4.14. The maximum atomic E-state index is 12.9. The van der Waals surface area contributed by atoms with Gasteiger partial charge in [-0.05, 0) is 22.6 Å². The number of ketones is 1. The summed E-state index contributed by atoms with van der Waals surface area (Å²) >= 11 is 1.65. The molecule has 140 valence electrons. The lowest BCUT2D eigenvalue weighted by atomic mass is 10.0. The first-order chi connectivity index (χ1) is 14.2. The van der Waals surface area contributed by atoms with E-state index in [-0.39, 0.29) is 5.78 Å². The van der Waals surface area contributed by atoms with Crippen LogP contribution < -0.4 is 4.90 Å². The van der Waals surface area contributed by atoms with Gasteiger partial charge in [-0.25, -0.2) is 0 Å². The maximum Gasteiger partial charge on any atom is 0.188 e. The van der Waals surface area contributed by atoms with Gasteiger partial charge in [-0.3, -0.25) is 4.79 Å². The molecule has 0 amide bonds. The topological polar surface area (TPSA) is 20.3 Å². The molecular formula is C26H19NOS. The standard InChI is InChI=1S/C26H19NOS/c1-27-25(29-24-16-15-20-9-5-6-10-22(20)26(24)27)17-23(28)21-13-11-19(12-14-21)18-7-3-2-4-8-18/h2-17H,1H3/b25-17-. The van der Waals surface area contributed by atoms with Crippen molar-refractivity contribution in [2.45, 2.75) is 4.90 Å². The number of carbonyl (C=O) groups is 1. The van der Waals surface area contributed by atoms with E-state index in [0.717, 1.165) is 16.2 Å². The van der Waals surface area contributed by atoms with Crippen LogP contribution in [0.2, 0.25) is 0 Å². The molecule has 0 N–H and O–H groups in total. The van der Waals surface area contributed by atoms with E-state index in [4.69, 9.17) is 0 Å². The number of benzene rings is 4. The molecule has 0 spiro atoms. The van der Waals surface area contributed by atoms with Crippen molar-refractivity contribution in [3.63, 3.8) is 0 Å². The molecule has 4 aromatic rings. The molecule has 0 radical (unpaired) electrons. The first-order valence-corrected chi connectivity index (χ1v) is 10.4. The summed E-state index contributed by atoms with van der Waals surface area (Å²) in [6.45, 7) is 0. The minimum Gasteiger partial charge on any atom is -0.338 e. The fourth-order valence-corrected chi connectivity index (χ4v) is 4.83. The second-order valence-electron chi connectivity index (χ2n) is 7.08. The molecule has 5 rings (SSSR count). The van der Waals surface area contributed by atoms with E-state index in [0.29, 0.717) is 5.56 Å². The van der Waals surface area contributed by atoms with E-state index in [1.165, 1.54) is 21.4 Å². The Bertz CT molecular complexity index is 1240. The van der Waals surface area contributed by atoms with Crippen molar-refractivity contribution in [1.29, 1.82) is 0 Å². The summed E-state index contributed by atoms with van der Waals surface area (Å²) in [5, 5.41) is 3.37. The second kappa shape index (κ2) is 7.26. The molecule has 0 atom stereocenters. The summed E-state index contributed by atoms with van der Waals surface area (Å²) in [6, 6.07) is 30.7. The highest BCUT2D eigenvalue weighted by Gasteiger charge is 2.25. The van der Waals surface area contributed by atoms with E-state index in [9.17, 15) is 4.79 Å². The Morgan fingerprint density at radius 3 is 2.28 bits per heavy atom. The smallest absolute Gasteiger partial charge is 0.188 e. The lowest BCUT2D eigenvalue weighted by Gasteiger charge is -2.15. The normalized spacial score (nSPS) is 14.4. The van der Waals surface area contributed by atoms with Gasteiger partial charge in [-0.15, -0.1) is 0 Å². The van der Waals surface area contributed by atoms with Crippen LogP contribution in [0.25, 0.3) is 21.9 Å². The Morgan fingerprint density at radius 2 is 1.48 bits per heavy atom. The Morgan fingerprint density at radius 1 is 0.793 bits per heavy atom. The van der Waals surface area contributed by atoms with Gasteiger partial charge in [0.25, 0.3) is 0 Å². The summed E-state index contributed by atoms with van der Waals surface area (Å²) in [6.07, 6.45) is 1.75.